The zero-order chi connectivity index (χ0) is 19.4. The number of sulfone groups is 1. The van der Waals surface area contributed by atoms with Crippen molar-refractivity contribution < 1.29 is 35.5 Å². The summed E-state index contributed by atoms with van der Waals surface area (Å²) in [6.45, 7) is 0.211. The van der Waals surface area contributed by atoms with Gasteiger partial charge in [0.05, 0.1) is 11.5 Å². The maximum atomic E-state index is 12.7. The van der Waals surface area contributed by atoms with E-state index in [1.165, 1.54) is 0 Å². The van der Waals surface area contributed by atoms with Gasteiger partial charge in [-0.05, 0) is 19.3 Å². The first-order valence-corrected chi connectivity index (χ1v) is 10.6. The van der Waals surface area contributed by atoms with Crippen LogP contribution in [0.15, 0.2) is 0 Å². The van der Waals surface area contributed by atoms with Gasteiger partial charge >= 0.3 is 12.1 Å². The first-order valence-electron chi connectivity index (χ1n) is 8.78. The highest BCUT2D eigenvalue weighted by Crippen LogP contribution is 2.38. The third-order valence-corrected chi connectivity index (χ3v) is 5.80. The van der Waals surface area contributed by atoms with Crippen molar-refractivity contribution >= 4 is 9.84 Å². The number of rotatable bonds is 15. The number of aliphatic hydroxyl groups is 1. The van der Waals surface area contributed by atoms with Crippen molar-refractivity contribution in [1.29, 1.82) is 0 Å². The summed E-state index contributed by atoms with van der Waals surface area (Å²) >= 11 is 0. The van der Waals surface area contributed by atoms with Crippen molar-refractivity contribution in [3.8, 4) is 0 Å². The fourth-order valence-electron chi connectivity index (χ4n) is 2.43. The molecule has 0 saturated heterocycles. The molecule has 0 aromatic heterocycles. The van der Waals surface area contributed by atoms with Gasteiger partial charge < -0.3 is 5.11 Å². The maximum absolute atomic E-state index is 12.7. The highest BCUT2D eigenvalue weighted by atomic mass is 32.2. The average Bonchev–Trinajstić information content (AvgIpc) is 2.47. The fourth-order valence-corrected chi connectivity index (χ4v) is 3.86. The van der Waals surface area contributed by atoms with Gasteiger partial charge in [-0.2, -0.15) is 22.0 Å². The van der Waals surface area contributed by atoms with E-state index in [0.29, 0.717) is 12.8 Å². The molecule has 0 atom stereocenters. The molecule has 3 nitrogen and oxygen atoms in total. The van der Waals surface area contributed by atoms with E-state index < -0.39 is 40.5 Å². The monoisotopic (exact) mass is 396 g/mol. The van der Waals surface area contributed by atoms with Gasteiger partial charge in [-0.3, -0.25) is 0 Å². The number of hydrogen-bond acceptors (Lipinski definition) is 3. The Bertz CT molecular complexity index is 436. The summed E-state index contributed by atoms with van der Waals surface area (Å²) in [5.41, 5.74) is 0. The number of aliphatic hydroxyl groups excluding tert-OH is 1. The Kier molecular flexibility index (Phi) is 11.8. The first kappa shape index (κ1) is 24.6. The Labute approximate surface area is 146 Å². The highest BCUT2D eigenvalue weighted by molar-refractivity contribution is 7.91. The van der Waals surface area contributed by atoms with Crippen molar-refractivity contribution in [3.63, 3.8) is 0 Å². The van der Waals surface area contributed by atoms with Gasteiger partial charge in [-0.15, -0.1) is 0 Å². The van der Waals surface area contributed by atoms with Crippen LogP contribution in [0.25, 0.3) is 0 Å². The van der Waals surface area contributed by atoms with Crippen molar-refractivity contribution in [3.05, 3.63) is 0 Å². The van der Waals surface area contributed by atoms with Crippen molar-refractivity contribution in [2.75, 3.05) is 18.1 Å². The van der Waals surface area contributed by atoms with Crippen LogP contribution in [-0.4, -0.2) is 43.7 Å². The molecule has 0 radical (unpaired) electrons. The van der Waals surface area contributed by atoms with E-state index >= 15 is 0 Å². The van der Waals surface area contributed by atoms with Crippen LogP contribution < -0.4 is 0 Å². The van der Waals surface area contributed by atoms with Gasteiger partial charge in [0.15, 0.2) is 0 Å². The molecule has 0 unspecified atom stereocenters. The Hall–Kier alpha value is -0.440. The smallest absolute Gasteiger partial charge is 0.396 e. The predicted octanol–water partition coefficient (Wildman–Crippen LogP) is 4.88. The zero-order valence-electron chi connectivity index (χ0n) is 14.5. The number of unbranched alkanes of at least 4 members (excludes halogenated alkanes) is 8. The Morgan fingerprint density at radius 1 is 0.640 bits per heavy atom. The Morgan fingerprint density at radius 2 is 1.04 bits per heavy atom. The molecule has 0 aromatic carbocycles. The fraction of sp³-hybridized carbons (Fsp3) is 1.00. The standard InChI is InChI=1S/C16H29F5O3S/c17-15(18,16(19,20)21)11-10-14-25(23,24)13-9-7-5-3-1-2-4-6-8-12-22/h22H,1-14H2. The second-order valence-corrected chi connectivity index (χ2v) is 8.67. The van der Waals surface area contributed by atoms with Gasteiger partial charge in [0.25, 0.3) is 0 Å². The summed E-state index contributed by atoms with van der Waals surface area (Å²) in [5, 5.41) is 8.62. The van der Waals surface area contributed by atoms with Crippen LogP contribution in [0.2, 0.25) is 0 Å². The maximum Gasteiger partial charge on any atom is 0.453 e. The molecule has 0 heterocycles. The van der Waals surface area contributed by atoms with Crippen molar-refractivity contribution in [1.82, 2.24) is 0 Å². The zero-order valence-corrected chi connectivity index (χ0v) is 15.3. The number of halogens is 5. The van der Waals surface area contributed by atoms with Gasteiger partial charge in [-0.25, -0.2) is 8.42 Å². The number of hydrogen-bond donors (Lipinski definition) is 1. The SMILES string of the molecule is O=S(=O)(CCCCCCCCCCCO)CCCC(F)(F)C(F)(F)F. The summed E-state index contributed by atoms with van der Waals surface area (Å²) in [7, 11) is -3.58. The normalized spacial score (nSPS) is 13.4. The lowest BCUT2D eigenvalue weighted by atomic mass is 10.1. The first-order chi connectivity index (χ1) is 11.5. The van der Waals surface area contributed by atoms with Gasteiger partial charge in [0, 0.05) is 13.0 Å². The van der Waals surface area contributed by atoms with E-state index in [-0.39, 0.29) is 12.4 Å². The molecule has 0 fully saturated rings. The molecule has 1 N–H and O–H groups in total. The molecule has 0 aliphatic heterocycles. The third kappa shape index (κ3) is 12.5. The van der Waals surface area contributed by atoms with Gasteiger partial charge in [-0.1, -0.05) is 44.9 Å². The second-order valence-electron chi connectivity index (χ2n) is 6.36. The molecular formula is C16H29F5O3S. The van der Waals surface area contributed by atoms with Crippen LogP contribution in [-0.2, 0) is 9.84 Å². The lowest BCUT2D eigenvalue weighted by Crippen LogP contribution is -2.36. The molecular weight excluding hydrogens is 367 g/mol. The molecule has 0 spiro atoms. The van der Waals surface area contributed by atoms with E-state index in [1.807, 2.05) is 0 Å². The molecule has 0 saturated carbocycles. The minimum absolute atomic E-state index is 0.166. The van der Waals surface area contributed by atoms with Crippen LogP contribution in [0.3, 0.4) is 0 Å². The molecule has 0 bridgehead atoms. The van der Waals surface area contributed by atoms with Crippen LogP contribution in [0, 0.1) is 0 Å². The molecule has 0 rings (SSSR count). The molecule has 25 heavy (non-hydrogen) atoms. The molecule has 9 heteroatoms. The third-order valence-electron chi connectivity index (χ3n) is 3.97. The Morgan fingerprint density at radius 3 is 1.48 bits per heavy atom. The summed E-state index contributed by atoms with van der Waals surface area (Å²) in [5.74, 6) is -5.63. The topological polar surface area (TPSA) is 54.4 Å². The van der Waals surface area contributed by atoms with E-state index in [4.69, 9.17) is 5.11 Å². The van der Waals surface area contributed by atoms with Crippen LogP contribution >= 0.6 is 0 Å². The predicted molar refractivity (Wildman–Crippen MR) is 87.5 cm³/mol. The summed E-state index contributed by atoms with van der Waals surface area (Å²) in [6, 6.07) is 0. The summed E-state index contributed by atoms with van der Waals surface area (Å²) in [4.78, 5) is 0. The largest absolute Gasteiger partial charge is 0.453 e. The molecule has 0 amide bonds. The molecule has 152 valence electrons. The Balaban J connectivity index is 3.72. The van der Waals surface area contributed by atoms with Crippen LogP contribution in [0.1, 0.15) is 70.6 Å². The minimum atomic E-state index is -5.63. The van der Waals surface area contributed by atoms with E-state index in [0.717, 1.165) is 44.9 Å². The van der Waals surface area contributed by atoms with Gasteiger partial charge in [0.2, 0.25) is 0 Å². The highest BCUT2D eigenvalue weighted by Gasteiger charge is 2.56. The molecule has 0 aliphatic carbocycles. The van der Waals surface area contributed by atoms with Crippen molar-refractivity contribution in [2.24, 2.45) is 0 Å². The minimum Gasteiger partial charge on any atom is -0.396 e. The second kappa shape index (κ2) is 12.0. The lowest BCUT2D eigenvalue weighted by Gasteiger charge is -2.19. The molecule has 0 aliphatic rings. The molecule has 0 aromatic rings. The lowest BCUT2D eigenvalue weighted by molar-refractivity contribution is -0.284. The van der Waals surface area contributed by atoms with Crippen LogP contribution in [0.4, 0.5) is 22.0 Å². The summed E-state index contributed by atoms with van der Waals surface area (Å²) in [6.07, 6.45) is 0.155. The number of alkyl halides is 5. The van der Waals surface area contributed by atoms with Crippen molar-refractivity contribution in [2.45, 2.75) is 82.7 Å². The van der Waals surface area contributed by atoms with E-state index in [2.05, 4.69) is 0 Å². The average molecular weight is 396 g/mol. The van der Waals surface area contributed by atoms with Crippen LogP contribution in [0.5, 0.6) is 0 Å². The summed E-state index contributed by atoms with van der Waals surface area (Å²) < 4.78 is 84.6. The van der Waals surface area contributed by atoms with Gasteiger partial charge in [0.1, 0.15) is 9.84 Å². The van der Waals surface area contributed by atoms with E-state index in [1.54, 1.807) is 0 Å². The van der Waals surface area contributed by atoms with E-state index in [9.17, 15) is 30.4 Å². The quantitative estimate of drug-likeness (QED) is 0.317.